The topological polar surface area (TPSA) is 49.8 Å². The van der Waals surface area contributed by atoms with Crippen molar-refractivity contribution in [2.75, 3.05) is 13.2 Å². The summed E-state index contributed by atoms with van der Waals surface area (Å²) in [6, 6.07) is 8.86. The van der Waals surface area contributed by atoms with Crippen LogP contribution in [0, 0.1) is 0 Å². The normalized spacial score (nSPS) is 21.2. The number of amides is 1. The summed E-state index contributed by atoms with van der Waals surface area (Å²) in [6.45, 7) is 0.437. The van der Waals surface area contributed by atoms with Gasteiger partial charge in [-0.25, -0.2) is 5.06 Å². The number of carbonyl (C=O) groups is 1. The molecule has 2 rings (SSSR count). The molecule has 74 valence electrons. The van der Waals surface area contributed by atoms with Gasteiger partial charge in [0.05, 0.1) is 6.54 Å². The molecule has 0 radical (unpaired) electrons. The lowest BCUT2D eigenvalue weighted by molar-refractivity contribution is -0.0779. The highest BCUT2D eigenvalue weighted by molar-refractivity contribution is 5.93. The SMILES string of the molecule is O=C(c1ccccc1)N1C[C@@H](O)CO1. The molecule has 1 fully saturated rings. The maximum absolute atomic E-state index is 11.7. The minimum Gasteiger partial charge on any atom is -0.389 e. The number of aliphatic hydroxyl groups is 1. The highest BCUT2D eigenvalue weighted by atomic mass is 16.7. The van der Waals surface area contributed by atoms with Gasteiger partial charge in [0.15, 0.2) is 0 Å². The van der Waals surface area contributed by atoms with Crippen molar-refractivity contribution >= 4 is 5.91 Å². The van der Waals surface area contributed by atoms with Gasteiger partial charge in [0, 0.05) is 5.56 Å². The first-order chi connectivity index (χ1) is 6.77. The van der Waals surface area contributed by atoms with E-state index in [1.165, 1.54) is 5.06 Å². The summed E-state index contributed by atoms with van der Waals surface area (Å²) >= 11 is 0. The Labute approximate surface area is 81.7 Å². The molecule has 0 aliphatic carbocycles. The lowest BCUT2D eigenvalue weighted by Crippen LogP contribution is -2.28. The van der Waals surface area contributed by atoms with Crippen molar-refractivity contribution in [1.29, 1.82) is 0 Å². The van der Waals surface area contributed by atoms with Crippen LogP contribution in [0.25, 0.3) is 0 Å². The van der Waals surface area contributed by atoms with Crippen molar-refractivity contribution in [2.45, 2.75) is 6.10 Å². The molecule has 1 aromatic carbocycles. The zero-order valence-electron chi connectivity index (χ0n) is 7.59. The van der Waals surface area contributed by atoms with Gasteiger partial charge in [-0.3, -0.25) is 9.63 Å². The number of nitrogens with zero attached hydrogens (tertiary/aromatic N) is 1. The van der Waals surface area contributed by atoms with E-state index in [-0.39, 0.29) is 19.1 Å². The minimum absolute atomic E-state index is 0.193. The number of hydrogen-bond donors (Lipinski definition) is 1. The van der Waals surface area contributed by atoms with E-state index in [2.05, 4.69) is 0 Å². The van der Waals surface area contributed by atoms with E-state index in [1.807, 2.05) is 6.07 Å². The zero-order chi connectivity index (χ0) is 9.97. The van der Waals surface area contributed by atoms with E-state index in [0.29, 0.717) is 5.56 Å². The summed E-state index contributed by atoms with van der Waals surface area (Å²) in [4.78, 5) is 16.7. The Morgan fingerprint density at radius 3 is 2.71 bits per heavy atom. The van der Waals surface area contributed by atoms with E-state index in [4.69, 9.17) is 4.84 Å². The molecule has 1 aliphatic rings. The molecule has 4 heteroatoms. The van der Waals surface area contributed by atoms with Crippen molar-refractivity contribution in [3.63, 3.8) is 0 Å². The van der Waals surface area contributed by atoms with Crippen LogP contribution >= 0.6 is 0 Å². The molecule has 1 N–H and O–H groups in total. The van der Waals surface area contributed by atoms with E-state index >= 15 is 0 Å². The number of benzene rings is 1. The van der Waals surface area contributed by atoms with E-state index in [1.54, 1.807) is 24.3 Å². The number of hydroxylamine groups is 2. The predicted octanol–water partition coefficient (Wildman–Crippen LogP) is 0.435. The second-order valence-corrected chi connectivity index (χ2v) is 3.18. The van der Waals surface area contributed by atoms with Crippen LogP contribution in [0.2, 0.25) is 0 Å². The maximum Gasteiger partial charge on any atom is 0.277 e. The number of hydrogen-bond acceptors (Lipinski definition) is 3. The van der Waals surface area contributed by atoms with Crippen molar-refractivity contribution in [1.82, 2.24) is 5.06 Å². The molecule has 1 atom stereocenters. The van der Waals surface area contributed by atoms with Crippen LogP contribution in [-0.2, 0) is 4.84 Å². The smallest absolute Gasteiger partial charge is 0.277 e. The molecular formula is C10H11NO3. The standard InChI is InChI=1S/C10H11NO3/c12-9-6-11(14-7-9)10(13)8-4-2-1-3-5-8/h1-5,9,12H,6-7H2/t9-/m1/s1. The van der Waals surface area contributed by atoms with Crippen LogP contribution in [0.4, 0.5) is 0 Å². The molecule has 1 saturated heterocycles. The third-order valence-electron chi connectivity index (χ3n) is 2.05. The third-order valence-corrected chi connectivity index (χ3v) is 2.05. The average Bonchev–Trinajstić information content (AvgIpc) is 2.65. The first-order valence-electron chi connectivity index (χ1n) is 4.45. The summed E-state index contributed by atoms with van der Waals surface area (Å²) < 4.78 is 0. The molecule has 0 saturated carbocycles. The largest absolute Gasteiger partial charge is 0.389 e. The summed E-state index contributed by atoms with van der Waals surface area (Å²) in [5, 5.41) is 10.4. The Balaban J connectivity index is 2.10. The Morgan fingerprint density at radius 2 is 2.14 bits per heavy atom. The number of carbonyl (C=O) groups excluding carboxylic acids is 1. The van der Waals surface area contributed by atoms with Crippen LogP contribution in [0.15, 0.2) is 30.3 Å². The van der Waals surface area contributed by atoms with Gasteiger partial charge >= 0.3 is 0 Å². The number of aliphatic hydroxyl groups excluding tert-OH is 1. The monoisotopic (exact) mass is 193 g/mol. The van der Waals surface area contributed by atoms with Gasteiger partial charge in [-0.05, 0) is 12.1 Å². The van der Waals surface area contributed by atoms with E-state index in [9.17, 15) is 9.90 Å². The molecule has 0 bridgehead atoms. The fourth-order valence-corrected chi connectivity index (χ4v) is 1.34. The molecular weight excluding hydrogens is 182 g/mol. The van der Waals surface area contributed by atoms with Gasteiger partial charge in [0.25, 0.3) is 5.91 Å². The molecule has 1 aromatic rings. The average molecular weight is 193 g/mol. The van der Waals surface area contributed by atoms with Gasteiger partial charge in [-0.15, -0.1) is 0 Å². The lowest BCUT2D eigenvalue weighted by Gasteiger charge is -2.13. The highest BCUT2D eigenvalue weighted by Gasteiger charge is 2.26. The van der Waals surface area contributed by atoms with Crippen LogP contribution in [-0.4, -0.2) is 35.3 Å². The van der Waals surface area contributed by atoms with Crippen molar-refractivity contribution in [3.05, 3.63) is 35.9 Å². The second kappa shape index (κ2) is 3.77. The molecule has 0 unspecified atom stereocenters. The highest BCUT2D eigenvalue weighted by Crippen LogP contribution is 2.11. The molecule has 0 aromatic heterocycles. The van der Waals surface area contributed by atoms with Gasteiger partial charge in [0.2, 0.25) is 0 Å². The first-order valence-corrected chi connectivity index (χ1v) is 4.45. The predicted molar refractivity (Wildman–Crippen MR) is 49.4 cm³/mol. The molecule has 0 spiro atoms. The maximum atomic E-state index is 11.7. The fraction of sp³-hybridized carbons (Fsp3) is 0.300. The molecule has 1 heterocycles. The molecule has 1 amide bonds. The van der Waals surface area contributed by atoms with Crippen LogP contribution in [0.5, 0.6) is 0 Å². The Hall–Kier alpha value is -1.39. The lowest BCUT2D eigenvalue weighted by atomic mass is 10.2. The Bertz CT molecular complexity index is 325. The van der Waals surface area contributed by atoms with Crippen molar-refractivity contribution < 1.29 is 14.7 Å². The van der Waals surface area contributed by atoms with Gasteiger partial charge in [-0.1, -0.05) is 18.2 Å². The number of β-amino-alcohol motifs (C(OH)–C–C–N with tert-alkyl or cyclic N) is 1. The number of rotatable bonds is 1. The fourth-order valence-electron chi connectivity index (χ4n) is 1.34. The van der Waals surface area contributed by atoms with Crippen LogP contribution in [0.1, 0.15) is 10.4 Å². The van der Waals surface area contributed by atoms with Gasteiger partial charge in [-0.2, -0.15) is 0 Å². The third kappa shape index (κ3) is 1.76. The second-order valence-electron chi connectivity index (χ2n) is 3.18. The Morgan fingerprint density at radius 1 is 1.43 bits per heavy atom. The quantitative estimate of drug-likeness (QED) is 0.703. The van der Waals surface area contributed by atoms with Crippen molar-refractivity contribution in [3.8, 4) is 0 Å². The van der Waals surface area contributed by atoms with Crippen LogP contribution < -0.4 is 0 Å². The molecule has 1 aliphatic heterocycles. The summed E-state index contributed by atoms with van der Waals surface area (Å²) in [7, 11) is 0. The van der Waals surface area contributed by atoms with Crippen molar-refractivity contribution in [2.24, 2.45) is 0 Å². The van der Waals surface area contributed by atoms with Crippen LogP contribution in [0.3, 0.4) is 0 Å². The molecule has 4 nitrogen and oxygen atoms in total. The van der Waals surface area contributed by atoms with Gasteiger partial charge in [0.1, 0.15) is 12.7 Å². The van der Waals surface area contributed by atoms with Gasteiger partial charge < -0.3 is 5.11 Å². The molecule has 14 heavy (non-hydrogen) atoms. The minimum atomic E-state index is -0.567. The summed E-state index contributed by atoms with van der Waals surface area (Å²) in [6.07, 6.45) is -0.567. The summed E-state index contributed by atoms with van der Waals surface area (Å²) in [5.41, 5.74) is 0.571. The summed E-state index contributed by atoms with van der Waals surface area (Å²) in [5.74, 6) is -0.206. The zero-order valence-corrected chi connectivity index (χ0v) is 7.59. The van der Waals surface area contributed by atoms with E-state index < -0.39 is 6.10 Å². The Kier molecular flexibility index (Phi) is 2.47. The first kappa shape index (κ1) is 9.18. The van der Waals surface area contributed by atoms with E-state index in [0.717, 1.165) is 0 Å².